The number of ether oxygens (including phenoxy) is 3. The van der Waals surface area contributed by atoms with Gasteiger partial charge in [-0.05, 0) is 77.5 Å². The fourth-order valence-electron chi connectivity index (χ4n) is 3.20. The number of hydrogen-bond acceptors (Lipinski definition) is 7. The first-order valence-electron chi connectivity index (χ1n) is 12.3. The fourth-order valence-corrected chi connectivity index (χ4v) is 4.10. The van der Waals surface area contributed by atoms with E-state index in [1.165, 1.54) is 24.2 Å². The third-order valence-electron chi connectivity index (χ3n) is 5.18. The minimum Gasteiger partial charge on any atom is -0.493 e. The van der Waals surface area contributed by atoms with Crippen molar-refractivity contribution in [1.29, 1.82) is 0 Å². The Kier molecular flexibility index (Phi) is 10.2. The van der Waals surface area contributed by atoms with Crippen molar-refractivity contribution in [3.8, 4) is 16.7 Å². The van der Waals surface area contributed by atoms with E-state index in [0.29, 0.717) is 47.6 Å². The van der Waals surface area contributed by atoms with E-state index in [9.17, 15) is 9.59 Å². The van der Waals surface area contributed by atoms with Gasteiger partial charge in [0.05, 0.1) is 16.5 Å². The van der Waals surface area contributed by atoms with Gasteiger partial charge in [-0.15, -0.1) is 0 Å². The molecule has 0 spiro atoms. The number of carbonyl (C=O) groups excluding carboxylic acids is 2. The van der Waals surface area contributed by atoms with Gasteiger partial charge < -0.3 is 19.5 Å². The Morgan fingerprint density at radius 2 is 2.00 bits per heavy atom. The minimum atomic E-state index is -0.482. The van der Waals surface area contributed by atoms with Crippen LogP contribution in [0.5, 0.6) is 16.7 Å². The molecule has 0 bridgehead atoms. The van der Waals surface area contributed by atoms with Gasteiger partial charge in [-0.3, -0.25) is 9.59 Å². The summed E-state index contributed by atoms with van der Waals surface area (Å²) in [6.07, 6.45) is 9.91. The largest absolute Gasteiger partial charge is 0.493 e. The summed E-state index contributed by atoms with van der Waals surface area (Å²) in [7, 11) is 0. The van der Waals surface area contributed by atoms with Crippen molar-refractivity contribution in [1.82, 2.24) is 10.3 Å². The Hall–Kier alpha value is -2.58. The van der Waals surface area contributed by atoms with Crippen LogP contribution in [-0.2, 0) is 14.3 Å². The zero-order valence-corrected chi connectivity index (χ0v) is 22.9. The Labute approximate surface area is 222 Å². The highest BCUT2D eigenvalue weighted by Crippen LogP contribution is 2.35. The van der Waals surface area contributed by atoms with Crippen LogP contribution in [-0.4, -0.2) is 35.1 Å². The number of rotatable bonds is 13. The number of hydrogen-bond donors (Lipinski definition) is 1. The van der Waals surface area contributed by atoms with Crippen LogP contribution in [0.25, 0.3) is 6.08 Å². The number of amides is 1. The molecule has 1 N–H and O–H groups in total. The highest BCUT2D eigenvalue weighted by Gasteiger charge is 2.22. The van der Waals surface area contributed by atoms with Gasteiger partial charge >= 0.3 is 5.97 Å². The second-order valence-corrected chi connectivity index (χ2v) is 11.4. The molecular weight excluding hydrogens is 500 g/mol. The first-order chi connectivity index (χ1) is 17.1. The fraction of sp³-hybridized carbons (Fsp3) is 0.519. The smallest absolute Gasteiger partial charge is 0.306 e. The van der Waals surface area contributed by atoms with Crippen LogP contribution in [0.3, 0.4) is 0 Å². The number of esters is 1. The Morgan fingerprint density at radius 3 is 2.69 bits per heavy atom. The third kappa shape index (κ3) is 10.6. The van der Waals surface area contributed by atoms with Gasteiger partial charge in [-0.1, -0.05) is 29.0 Å². The Balaban J connectivity index is 1.37. The van der Waals surface area contributed by atoms with Crippen LogP contribution in [0, 0.1) is 5.92 Å². The zero-order valence-electron chi connectivity index (χ0n) is 21.3. The molecular formula is C27H35ClN2O5S. The average Bonchev–Trinajstić information content (AvgIpc) is 3.51. The lowest BCUT2D eigenvalue weighted by molar-refractivity contribution is -0.155. The number of aromatic nitrogens is 1. The van der Waals surface area contributed by atoms with Crippen molar-refractivity contribution in [3.05, 3.63) is 40.4 Å². The summed E-state index contributed by atoms with van der Waals surface area (Å²) in [5.74, 6) is 1.65. The lowest BCUT2D eigenvalue weighted by atomic mass is 10.1. The monoisotopic (exact) mass is 534 g/mol. The van der Waals surface area contributed by atoms with E-state index in [4.69, 9.17) is 25.8 Å². The molecule has 1 atom stereocenters. The summed E-state index contributed by atoms with van der Waals surface area (Å²) in [6, 6.07) is 5.25. The molecule has 36 heavy (non-hydrogen) atoms. The van der Waals surface area contributed by atoms with Crippen molar-refractivity contribution in [2.45, 2.75) is 77.9 Å². The van der Waals surface area contributed by atoms with Crippen LogP contribution in [0.1, 0.15) is 71.1 Å². The topological polar surface area (TPSA) is 86.8 Å². The first-order valence-corrected chi connectivity index (χ1v) is 13.5. The van der Waals surface area contributed by atoms with Gasteiger partial charge in [0.25, 0.3) is 5.19 Å². The second kappa shape index (κ2) is 13.1. The number of halogens is 1. The zero-order chi connectivity index (χ0) is 26.1. The predicted molar refractivity (Wildman–Crippen MR) is 143 cm³/mol. The first kappa shape index (κ1) is 28.0. The van der Waals surface area contributed by atoms with E-state index in [2.05, 4.69) is 10.3 Å². The Morgan fingerprint density at radius 1 is 1.25 bits per heavy atom. The van der Waals surface area contributed by atoms with Gasteiger partial charge in [0, 0.05) is 31.1 Å². The summed E-state index contributed by atoms with van der Waals surface area (Å²) in [4.78, 5) is 29.1. The molecule has 0 saturated heterocycles. The van der Waals surface area contributed by atoms with Crippen LogP contribution in [0.15, 0.2) is 30.5 Å². The van der Waals surface area contributed by atoms with E-state index in [-0.39, 0.29) is 17.9 Å². The molecule has 1 amide bonds. The van der Waals surface area contributed by atoms with E-state index in [1.807, 2.05) is 45.9 Å². The molecule has 0 radical (unpaired) electrons. The number of nitrogens with zero attached hydrogens (tertiary/aromatic N) is 1. The van der Waals surface area contributed by atoms with E-state index < -0.39 is 5.60 Å². The Bertz CT molecular complexity index is 1060. The van der Waals surface area contributed by atoms with Gasteiger partial charge in [0.15, 0.2) is 0 Å². The minimum absolute atomic E-state index is 0.0520. The molecule has 2 aromatic rings. The molecule has 1 aromatic heterocycles. The third-order valence-corrected chi connectivity index (χ3v) is 6.31. The van der Waals surface area contributed by atoms with Crippen LogP contribution in [0.2, 0.25) is 5.02 Å². The molecule has 1 saturated carbocycles. The number of carbonyl (C=O) groups is 2. The maximum Gasteiger partial charge on any atom is 0.306 e. The lowest BCUT2D eigenvalue weighted by Crippen LogP contribution is -2.30. The van der Waals surface area contributed by atoms with Gasteiger partial charge in [0.2, 0.25) is 5.91 Å². The summed E-state index contributed by atoms with van der Waals surface area (Å²) < 4.78 is 16.9. The van der Waals surface area contributed by atoms with E-state index >= 15 is 0 Å². The van der Waals surface area contributed by atoms with Crippen molar-refractivity contribution < 1.29 is 23.8 Å². The normalized spacial score (nSPS) is 14.5. The van der Waals surface area contributed by atoms with Crippen molar-refractivity contribution in [3.63, 3.8) is 0 Å². The maximum atomic E-state index is 12.2. The van der Waals surface area contributed by atoms with Gasteiger partial charge in [-0.25, -0.2) is 4.98 Å². The van der Waals surface area contributed by atoms with Crippen molar-refractivity contribution >= 4 is 40.9 Å². The van der Waals surface area contributed by atoms with Crippen LogP contribution >= 0.6 is 22.9 Å². The van der Waals surface area contributed by atoms with Crippen LogP contribution < -0.4 is 14.8 Å². The molecule has 7 nitrogen and oxygen atoms in total. The SMILES string of the molecule is C[C@@H](/C=C/c1cnc(Oc2ccc(OCC3CC3)cc2Cl)s1)NC(=O)CCCCC(=O)OC(C)(C)C. The average molecular weight is 535 g/mol. The van der Waals surface area contributed by atoms with Crippen molar-refractivity contribution in [2.75, 3.05) is 6.61 Å². The molecule has 196 valence electrons. The van der Waals surface area contributed by atoms with Gasteiger partial charge in [-0.2, -0.15) is 0 Å². The lowest BCUT2D eigenvalue weighted by Gasteiger charge is -2.19. The molecule has 3 rings (SSSR count). The summed E-state index contributed by atoms with van der Waals surface area (Å²) in [5, 5.41) is 3.89. The molecule has 1 aromatic carbocycles. The van der Waals surface area contributed by atoms with E-state index in [0.717, 1.165) is 17.2 Å². The molecule has 0 unspecified atom stereocenters. The summed E-state index contributed by atoms with van der Waals surface area (Å²) in [5.41, 5.74) is -0.482. The molecule has 1 heterocycles. The number of thiazole rings is 1. The summed E-state index contributed by atoms with van der Waals surface area (Å²) >= 11 is 7.73. The maximum absolute atomic E-state index is 12.2. The van der Waals surface area contributed by atoms with Crippen LogP contribution in [0.4, 0.5) is 0 Å². The molecule has 1 aliphatic carbocycles. The molecule has 1 aliphatic rings. The quantitative estimate of drug-likeness (QED) is 0.225. The number of benzene rings is 1. The molecule has 0 aliphatic heterocycles. The standard InChI is InChI=1S/C27H35ClN2O5S/c1-18(30-24(31)7-5-6-8-25(32)35-27(2,3)4)9-13-21-16-29-26(36-21)34-23-14-12-20(15-22(23)28)33-17-19-10-11-19/h9,12-16,18-19H,5-8,10-11,17H2,1-4H3,(H,30,31)/b13-9+/t18-/m0/s1. The second-order valence-electron chi connectivity index (χ2n) is 9.99. The van der Waals surface area contributed by atoms with Gasteiger partial charge in [0.1, 0.15) is 17.1 Å². The highest BCUT2D eigenvalue weighted by atomic mass is 35.5. The summed E-state index contributed by atoms with van der Waals surface area (Å²) in [6.45, 7) is 8.15. The highest BCUT2D eigenvalue weighted by molar-refractivity contribution is 7.14. The molecule has 9 heteroatoms. The van der Waals surface area contributed by atoms with Crippen molar-refractivity contribution in [2.24, 2.45) is 5.92 Å². The number of nitrogens with one attached hydrogen (secondary N) is 1. The number of unbranched alkanes of at least 4 members (excludes halogenated alkanes) is 1. The predicted octanol–water partition coefficient (Wildman–Crippen LogP) is 6.80. The molecule has 1 fully saturated rings. The van der Waals surface area contributed by atoms with E-state index in [1.54, 1.807) is 18.3 Å².